The second kappa shape index (κ2) is 4.80. The molecule has 2 rings (SSSR count). The number of aromatic hydroxyl groups is 1. The topological polar surface area (TPSA) is 74.7 Å². The summed E-state index contributed by atoms with van der Waals surface area (Å²) in [5.41, 5.74) is 6.65. The molecule has 1 aromatic heterocycles. The Labute approximate surface area is 99.3 Å². The second-order valence-electron chi connectivity index (χ2n) is 3.61. The average Bonchev–Trinajstić information content (AvgIpc) is 2.69. The maximum atomic E-state index is 9.47. The molecule has 2 aromatic rings. The van der Waals surface area contributed by atoms with Crippen LogP contribution in [-0.4, -0.2) is 28.0 Å². The number of aliphatic hydroxyl groups excluding tert-OH is 1. The van der Waals surface area contributed by atoms with Crippen LogP contribution in [0.2, 0.25) is 0 Å². The van der Waals surface area contributed by atoms with Gasteiger partial charge in [0.15, 0.2) is 11.6 Å². The lowest BCUT2D eigenvalue weighted by molar-refractivity contribution is 0.298. The minimum absolute atomic E-state index is 0.00667. The molecular formula is C12H15N3O2. The van der Waals surface area contributed by atoms with Crippen LogP contribution in [0.15, 0.2) is 42.6 Å². The molecule has 0 saturated carbocycles. The molecule has 4 N–H and O–H groups in total. The van der Waals surface area contributed by atoms with Gasteiger partial charge in [0.05, 0.1) is 18.8 Å². The Morgan fingerprint density at radius 2 is 1.88 bits per heavy atom. The zero-order chi connectivity index (χ0) is 12.3. The Balaban J connectivity index is 2.39. The maximum absolute atomic E-state index is 9.47. The van der Waals surface area contributed by atoms with Crippen LogP contribution < -0.4 is 10.7 Å². The average molecular weight is 233 g/mol. The number of hydrogen-bond donors (Lipinski definition) is 3. The number of benzene rings is 1. The van der Waals surface area contributed by atoms with Crippen LogP contribution in [0.3, 0.4) is 0 Å². The quantitative estimate of drug-likeness (QED) is 0.737. The Hall–Kier alpha value is -2.14. The zero-order valence-corrected chi connectivity index (χ0v) is 9.32. The van der Waals surface area contributed by atoms with E-state index in [1.165, 1.54) is 6.07 Å². The Morgan fingerprint density at radius 3 is 2.41 bits per heavy atom. The smallest absolute Gasteiger partial charge is 0.165 e. The van der Waals surface area contributed by atoms with E-state index in [-0.39, 0.29) is 18.2 Å². The van der Waals surface area contributed by atoms with E-state index in [9.17, 15) is 5.11 Å². The standard InChI is InChI=1S/C12H15N3O2/c13-12-11(17)6-7-15(12)14(8-9-16)10-4-2-1-3-5-10/h1-7,16-17H,8-9,13H2. The van der Waals surface area contributed by atoms with Gasteiger partial charge in [-0.05, 0) is 12.1 Å². The van der Waals surface area contributed by atoms with E-state index in [4.69, 9.17) is 10.8 Å². The lowest BCUT2D eigenvalue weighted by Crippen LogP contribution is -2.32. The van der Waals surface area contributed by atoms with Crippen LogP contribution in [0.25, 0.3) is 0 Å². The van der Waals surface area contributed by atoms with Gasteiger partial charge in [-0.1, -0.05) is 18.2 Å². The van der Waals surface area contributed by atoms with Crippen molar-refractivity contribution >= 4 is 11.5 Å². The number of hydrogen-bond acceptors (Lipinski definition) is 4. The lowest BCUT2D eigenvalue weighted by Gasteiger charge is -2.26. The van der Waals surface area contributed by atoms with Gasteiger partial charge in [0.25, 0.3) is 0 Å². The number of nitrogens with two attached hydrogens (primary N) is 1. The van der Waals surface area contributed by atoms with Crippen LogP contribution in [0.1, 0.15) is 0 Å². The number of para-hydroxylation sites is 1. The third-order valence-corrected chi connectivity index (χ3v) is 2.51. The van der Waals surface area contributed by atoms with Crippen LogP contribution in [0, 0.1) is 0 Å². The molecule has 0 spiro atoms. The van der Waals surface area contributed by atoms with Crippen LogP contribution >= 0.6 is 0 Å². The third kappa shape index (κ3) is 2.19. The normalized spacial score (nSPS) is 10.4. The molecule has 0 aliphatic rings. The van der Waals surface area contributed by atoms with Crippen molar-refractivity contribution in [3.63, 3.8) is 0 Å². The number of nitrogen functional groups attached to an aromatic ring is 1. The van der Waals surface area contributed by atoms with Gasteiger partial charge in [-0.3, -0.25) is 5.01 Å². The highest BCUT2D eigenvalue weighted by Crippen LogP contribution is 2.24. The maximum Gasteiger partial charge on any atom is 0.165 e. The summed E-state index contributed by atoms with van der Waals surface area (Å²) in [6, 6.07) is 11.1. The fourth-order valence-corrected chi connectivity index (χ4v) is 1.69. The summed E-state index contributed by atoms with van der Waals surface area (Å²) in [7, 11) is 0. The van der Waals surface area contributed by atoms with E-state index < -0.39 is 0 Å². The fraction of sp³-hybridized carbons (Fsp3) is 0.167. The van der Waals surface area contributed by atoms with Crippen molar-refractivity contribution in [2.24, 2.45) is 0 Å². The summed E-state index contributed by atoms with van der Waals surface area (Å²) in [4.78, 5) is 0. The number of nitrogens with zero attached hydrogens (tertiary/aromatic N) is 2. The molecule has 1 heterocycles. The van der Waals surface area contributed by atoms with Crippen molar-refractivity contribution in [2.45, 2.75) is 0 Å². The van der Waals surface area contributed by atoms with Crippen LogP contribution in [0.4, 0.5) is 11.5 Å². The van der Waals surface area contributed by atoms with Gasteiger partial charge in [-0.2, -0.15) is 0 Å². The minimum Gasteiger partial charge on any atom is -0.504 e. The first-order chi connectivity index (χ1) is 8.24. The van der Waals surface area contributed by atoms with Crippen molar-refractivity contribution in [2.75, 3.05) is 23.9 Å². The van der Waals surface area contributed by atoms with Gasteiger partial charge in [0.1, 0.15) is 0 Å². The Bertz CT molecular complexity index is 482. The van der Waals surface area contributed by atoms with Crippen molar-refractivity contribution in [3.8, 4) is 5.75 Å². The fourth-order valence-electron chi connectivity index (χ4n) is 1.69. The molecule has 90 valence electrons. The van der Waals surface area contributed by atoms with Gasteiger partial charge in [0, 0.05) is 12.3 Å². The van der Waals surface area contributed by atoms with Gasteiger partial charge in [0.2, 0.25) is 0 Å². The highest BCUT2D eigenvalue weighted by molar-refractivity contribution is 5.53. The van der Waals surface area contributed by atoms with E-state index >= 15 is 0 Å². The largest absolute Gasteiger partial charge is 0.504 e. The molecule has 0 radical (unpaired) electrons. The predicted octanol–water partition coefficient (Wildman–Crippen LogP) is 1.04. The van der Waals surface area contributed by atoms with Gasteiger partial charge in [-0.25, -0.2) is 4.68 Å². The molecule has 0 fully saturated rings. The Kier molecular flexibility index (Phi) is 3.20. The third-order valence-electron chi connectivity index (χ3n) is 2.51. The molecule has 5 nitrogen and oxygen atoms in total. The van der Waals surface area contributed by atoms with E-state index in [2.05, 4.69) is 0 Å². The lowest BCUT2D eigenvalue weighted by atomic mass is 10.3. The number of anilines is 2. The summed E-state index contributed by atoms with van der Waals surface area (Å²) in [5.74, 6) is 0.283. The molecule has 0 saturated heterocycles. The number of rotatable bonds is 4. The molecular weight excluding hydrogens is 218 g/mol. The first-order valence-electron chi connectivity index (χ1n) is 5.33. The second-order valence-corrected chi connectivity index (χ2v) is 3.61. The highest BCUT2D eigenvalue weighted by atomic mass is 16.3. The van der Waals surface area contributed by atoms with Crippen molar-refractivity contribution in [1.29, 1.82) is 0 Å². The molecule has 0 amide bonds. The molecule has 17 heavy (non-hydrogen) atoms. The SMILES string of the molecule is Nc1c(O)ccn1N(CCO)c1ccccc1. The molecule has 1 aromatic carbocycles. The molecule has 0 bridgehead atoms. The van der Waals surface area contributed by atoms with Crippen molar-refractivity contribution in [1.82, 2.24) is 4.68 Å². The van der Waals surface area contributed by atoms with Crippen molar-refractivity contribution in [3.05, 3.63) is 42.6 Å². The molecule has 0 aliphatic heterocycles. The van der Waals surface area contributed by atoms with E-state index in [1.807, 2.05) is 30.3 Å². The number of aliphatic hydroxyl groups is 1. The summed E-state index contributed by atoms with van der Waals surface area (Å²) in [6.45, 7) is 0.385. The van der Waals surface area contributed by atoms with Crippen LogP contribution in [-0.2, 0) is 0 Å². The minimum atomic E-state index is -0.00667. The Morgan fingerprint density at radius 1 is 1.18 bits per heavy atom. The summed E-state index contributed by atoms with van der Waals surface area (Å²) < 4.78 is 1.61. The van der Waals surface area contributed by atoms with E-state index in [0.29, 0.717) is 6.54 Å². The van der Waals surface area contributed by atoms with Crippen molar-refractivity contribution < 1.29 is 10.2 Å². The first kappa shape index (κ1) is 11.3. The highest BCUT2D eigenvalue weighted by Gasteiger charge is 2.12. The van der Waals surface area contributed by atoms with Gasteiger partial charge in [-0.15, -0.1) is 0 Å². The monoisotopic (exact) mass is 233 g/mol. The number of aromatic nitrogens is 1. The summed E-state index contributed by atoms with van der Waals surface area (Å²) in [6.07, 6.45) is 1.66. The van der Waals surface area contributed by atoms with E-state index in [0.717, 1.165) is 5.69 Å². The molecule has 5 heteroatoms. The van der Waals surface area contributed by atoms with Crippen LogP contribution in [0.5, 0.6) is 5.75 Å². The molecule has 0 aliphatic carbocycles. The van der Waals surface area contributed by atoms with Gasteiger partial charge < -0.3 is 15.9 Å². The summed E-state index contributed by atoms with van der Waals surface area (Å²) in [5, 5.41) is 20.4. The summed E-state index contributed by atoms with van der Waals surface area (Å²) >= 11 is 0. The van der Waals surface area contributed by atoms with Gasteiger partial charge >= 0.3 is 0 Å². The first-order valence-corrected chi connectivity index (χ1v) is 5.33. The molecule has 0 unspecified atom stereocenters. The zero-order valence-electron chi connectivity index (χ0n) is 9.32. The molecule has 0 atom stereocenters. The predicted molar refractivity (Wildman–Crippen MR) is 66.8 cm³/mol. The van der Waals surface area contributed by atoms with E-state index in [1.54, 1.807) is 15.9 Å².